The van der Waals surface area contributed by atoms with Crippen LogP contribution in [0.4, 0.5) is 5.69 Å². The van der Waals surface area contributed by atoms with Crippen LogP contribution in [0.1, 0.15) is 122 Å². The van der Waals surface area contributed by atoms with E-state index in [9.17, 15) is 22.6 Å². The Kier molecular flexibility index (Phi) is 15.4. The van der Waals surface area contributed by atoms with Gasteiger partial charge >= 0.3 is 0 Å². The quantitative estimate of drug-likeness (QED) is 0.106. The second kappa shape index (κ2) is 19.2. The van der Waals surface area contributed by atoms with Gasteiger partial charge in [0.25, 0.3) is 16.0 Å². The third-order valence-corrected chi connectivity index (χ3v) is 8.61. The molecule has 0 aliphatic carbocycles. The van der Waals surface area contributed by atoms with Gasteiger partial charge in [-0.1, -0.05) is 121 Å². The fourth-order valence-corrected chi connectivity index (χ4v) is 5.92. The molecule has 1 aliphatic heterocycles. The van der Waals surface area contributed by atoms with Crippen molar-refractivity contribution in [3.63, 3.8) is 0 Å². The minimum Gasteiger partial charge on any atom is -0.456 e. The Hall–Kier alpha value is -3.24. The van der Waals surface area contributed by atoms with Crippen molar-refractivity contribution >= 4 is 33.5 Å². The van der Waals surface area contributed by atoms with Crippen molar-refractivity contribution in [1.82, 2.24) is 5.32 Å². The number of nitrogens with zero attached hydrogens (tertiary/aromatic N) is 2. The molecule has 3 rings (SSSR count). The number of nitrogens with one attached hydrogen (secondary N) is 1. The van der Waals surface area contributed by atoms with Crippen molar-refractivity contribution in [1.29, 1.82) is 0 Å². The SMILES string of the molecule is CCCCCCCCCCCCCCCCCCC(=O)NC1=NN(c2ccc(Oc3ccccc3)c(S(=O)(=O)O)c2)C(=O)C1. The van der Waals surface area contributed by atoms with Crippen molar-refractivity contribution in [3.8, 4) is 11.5 Å². The van der Waals surface area contributed by atoms with Gasteiger partial charge in [0.1, 0.15) is 22.2 Å². The summed E-state index contributed by atoms with van der Waals surface area (Å²) in [6.07, 6.45) is 20.5. The van der Waals surface area contributed by atoms with E-state index in [1.165, 1.54) is 95.6 Å². The van der Waals surface area contributed by atoms with Crippen molar-refractivity contribution in [2.24, 2.45) is 5.10 Å². The summed E-state index contributed by atoms with van der Waals surface area (Å²) in [4.78, 5) is 24.6. The van der Waals surface area contributed by atoms with E-state index in [2.05, 4.69) is 17.3 Å². The summed E-state index contributed by atoms with van der Waals surface area (Å²) in [6.45, 7) is 2.26. The molecule has 0 unspecified atom stereocenters. The Morgan fingerprint density at radius 1 is 0.841 bits per heavy atom. The number of para-hydroxylation sites is 1. The zero-order valence-electron chi connectivity index (χ0n) is 26.1. The van der Waals surface area contributed by atoms with Crippen LogP contribution < -0.4 is 15.1 Å². The Labute approximate surface area is 263 Å². The number of hydrazone groups is 1. The van der Waals surface area contributed by atoms with Gasteiger partial charge in [-0.2, -0.15) is 18.5 Å². The summed E-state index contributed by atoms with van der Waals surface area (Å²) in [5, 5.41) is 7.92. The van der Waals surface area contributed by atoms with E-state index in [0.717, 1.165) is 30.3 Å². The van der Waals surface area contributed by atoms with Crippen LogP contribution in [-0.4, -0.2) is 30.6 Å². The van der Waals surface area contributed by atoms with Crippen LogP contribution in [0.25, 0.3) is 0 Å². The molecular weight excluding hydrogens is 578 g/mol. The minimum absolute atomic E-state index is 0.0922. The molecule has 242 valence electrons. The predicted molar refractivity (Wildman–Crippen MR) is 175 cm³/mol. The first-order valence-corrected chi connectivity index (χ1v) is 17.8. The Morgan fingerprint density at radius 2 is 1.39 bits per heavy atom. The van der Waals surface area contributed by atoms with E-state index in [1.54, 1.807) is 30.3 Å². The molecule has 0 fully saturated rings. The molecule has 2 aromatic carbocycles. The molecule has 10 heteroatoms. The fraction of sp³-hybridized carbons (Fsp3) is 0.559. The monoisotopic (exact) mass is 627 g/mol. The molecule has 0 radical (unpaired) electrons. The molecule has 1 heterocycles. The van der Waals surface area contributed by atoms with Gasteiger partial charge < -0.3 is 10.1 Å². The number of rotatable bonds is 21. The minimum atomic E-state index is -4.67. The van der Waals surface area contributed by atoms with Gasteiger partial charge in [0.05, 0.1) is 12.1 Å². The lowest BCUT2D eigenvalue weighted by molar-refractivity contribution is -0.119. The molecule has 1 aliphatic rings. The van der Waals surface area contributed by atoms with E-state index in [4.69, 9.17) is 4.74 Å². The van der Waals surface area contributed by atoms with Crippen molar-refractivity contribution in [2.75, 3.05) is 5.01 Å². The second-order valence-electron chi connectivity index (χ2n) is 11.6. The summed E-state index contributed by atoms with van der Waals surface area (Å²) < 4.78 is 39.6. The molecule has 0 saturated carbocycles. The maximum absolute atomic E-state index is 12.6. The molecular formula is C34H49N3O6S. The zero-order chi connectivity index (χ0) is 31.6. The molecule has 0 saturated heterocycles. The van der Waals surface area contributed by atoms with Crippen LogP contribution in [0.5, 0.6) is 11.5 Å². The van der Waals surface area contributed by atoms with E-state index >= 15 is 0 Å². The summed E-state index contributed by atoms with van der Waals surface area (Å²) in [7, 11) is -4.67. The maximum atomic E-state index is 12.6. The Balaban J connectivity index is 1.33. The number of ether oxygens (including phenoxy) is 1. The van der Waals surface area contributed by atoms with E-state index in [1.807, 2.05) is 0 Å². The maximum Gasteiger partial charge on any atom is 0.298 e. The molecule has 44 heavy (non-hydrogen) atoms. The highest BCUT2D eigenvalue weighted by atomic mass is 32.2. The number of amides is 2. The van der Waals surface area contributed by atoms with Gasteiger partial charge in [-0.05, 0) is 36.8 Å². The third kappa shape index (κ3) is 12.8. The van der Waals surface area contributed by atoms with Crippen LogP contribution in [0, 0.1) is 0 Å². The van der Waals surface area contributed by atoms with Crippen LogP contribution in [-0.2, 0) is 19.7 Å². The highest BCUT2D eigenvalue weighted by Crippen LogP contribution is 2.33. The van der Waals surface area contributed by atoms with Crippen molar-refractivity contribution in [3.05, 3.63) is 48.5 Å². The van der Waals surface area contributed by atoms with Gasteiger partial charge in [-0.15, -0.1) is 0 Å². The number of hydrogen-bond donors (Lipinski definition) is 2. The number of anilines is 1. The third-order valence-electron chi connectivity index (χ3n) is 7.74. The van der Waals surface area contributed by atoms with Crippen LogP contribution in [0.2, 0.25) is 0 Å². The average molecular weight is 628 g/mol. The number of carbonyl (C=O) groups is 2. The predicted octanol–water partition coefficient (Wildman–Crippen LogP) is 8.54. The van der Waals surface area contributed by atoms with E-state index in [-0.39, 0.29) is 29.6 Å². The largest absolute Gasteiger partial charge is 0.456 e. The van der Waals surface area contributed by atoms with Gasteiger partial charge in [-0.3, -0.25) is 14.1 Å². The van der Waals surface area contributed by atoms with Gasteiger partial charge in [-0.25, -0.2) is 0 Å². The molecule has 9 nitrogen and oxygen atoms in total. The number of benzene rings is 2. The first kappa shape index (κ1) is 35.2. The smallest absolute Gasteiger partial charge is 0.298 e. The summed E-state index contributed by atoms with van der Waals surface area (Å²) >= 11 is 0. The number of hydrogen-bond acceptors (Lipinski definition) is 6. The highest BCUT2D eigenvalue weighted by Gasteiger charge is 2.28. The van der Waals surface area contributed by atoms with Crippen molar-refractivity contribution in [2.45, 2.75) is 127 Å². The Bertz CT molecular complexity index is 1310. The molecule has 0 bridgehead atoms. The fourth-order valence-electron chi connectivity index (χ4n) is 5.29. The van der Waals surface area contributed by atoms with E-state index < -0.39 is 20.9 Å². The topological polar surface area (TPSA) is 125 Å². The number of carbonyl (C=O) groups excluding carboxylic acids is 2. The average Bonchev–Trinajstić information content (AvgIpc) is 3.36. The van der Waals surface area contributed by atoms with Gasteiger partial charge in [0.2, 0.25) is 5.91 Å². The number of unbranched alkanes of at least 4 members (excludes halogenated alkanes) is 15. The summed E-state index contributed by atoms with van der Waals surface area (Å²) in [5.41, 5.74) is 0.130. The first-order valence-electron chi connectivity index (χ1n) is 16.3. The molecule has 2 N–H and O–H groups in total. The normalized spacial score (nSPS) is 13.3. The Morgan fingerprint density at radius 3 is 1.93 bits per heavy atom. The van der Waals surface area contributed by atoms with Crippen molar-refractivity contribution < 1.29 is 27.3 Å². The van der Waals surface area contributed by atoms with Crippen LogP contribution in [0.3, 0.4) is 0 Å². The molecule has 0 atom stereocenters. The van der Waals surface area contributed by atoms with Gasteiger partial charge in [0.15, 0.2) is 0 Å². The van der Waals surface area contributed by atoms with Crippen LogP contribution >= 0.6 is 0 Å². The van der Waals surface area contributed by atoms with Crippen LogP contribution in [0.15, 0.2) is 58.5 Å². The lowest BCUT2D eigenvalue weighted by atomic mass is 10.0. The summed E-state index contributed by atoms with van der Waals surface area (Å²) in [6, 6.07) is 12.5. The number of amidine groups is 1. The lowest BCUT2D eigenvalue weighted by Crippen LogP contribution is -2.29. The first-order chi connectivity index (χ1) is 21.3. The van der Waals surface area contributed by atoms with Gasteiger partial charge in [0, 0.05) is 6.42 Å². The standard InChI is InChI=1S/C34H49N3O6S/c1-2-3-4-5-6-7-8-9-10-11-12-13-14-15-16-20-23-33(38)35-32-27-34(39)37(36-32)28-24-25-30(31(26-28)44(40,41)42)43-29-21-18-17-19-22-29/h17-19,21-22,24-26H,2-16,20,23,27H2,1H3,(H,35,36,38)(H,40,41,42). The second-order valence-corrected chi connectivity index (χ2v) is 12.9. The summed E-state index contributed by atoms with van der Waals surface area (Å²) in [5.74, 6) is -0.135. The zero-order valence-corrected chi connectivity index (χ0v) is 27.0. The highest BCUT2D eigenvalue weighted by molar-refractivity contribution is 7.86. The lowest BCUT2D eigenvalue weighted by Gasteiger charge is -2.15. The van der Waals surface area contributed by atoms with E-state index in [0.29, 0.717) is 12.2 Å². The molecule has 2 amide bonds. The molecule has 0 spiro atoms. The molecule has 2 aromatic rings. The molecule has 0 aromatic heterocycles.